The summed E-state index contributed by atoms with van der Waals surface area (Å²) in [5.74, 6) is 0.576. The SMILES string of the molecule is CC(C)CNCc1ccn(CCOC(F)(F)F)c1. The molecule has 18 heavy (non-hydrogen) atoms. The Morgan fingerprint density at radius 1 is 1.39 bits per heavy atom. The zero-order valence-electron chi connectivity index (χ0n) is 10.6. The molecule has 1 heterocycles. The van der Waals surface area contributed by atoms with Crippen LogP contribution in [0.5, 0.6) is 0 Å². The van der Waals surface area contributed by atoms with Crippen LogP contribution in [0.25, 0.3) is 0 Å². The molecular formula is C12H19F3N2O. The number of hydrogen-bond acceptors (Lipinski definition) is 2. The van der Waals surface area contributed by atoms with Crippen LogP contribution in [-0.2, 0) is 17.8 Å². The molecule has 0 aliphatic carbocycles. The number of nitrogens with one attached hydrogen (secondary N) is 1. The van der Waals surface area contributed by atoms with Crippen LogP contribution in [-0.4, -0.2) is 24.1 Å². The number of aromatic nitrogens is 1. The lowest BCUT2D eigenvalue weighted by atomic mass is 10.2. The van der Waals surface area contributed by atoms with Gasteiger partial charge in [0.25, 0.3) is 0 Å². The van der Waals surface area contributed by atoms with Crippen molar-refractivity contribution in [2.45, 2.75) is 33.3 Å². The van der Waals surface area contributed by atoms with E-state index < -0.39 is 6.36 Å². The molecule has 1 rings (SSSR count). The third kappa shape index (κ3) is 6.66. The van der Waals surface area contributed by atoms with E-state index in [-0.39, 0.29) is 13.2 Å². The van der Waals surface area contributed by atoms with Gasteiger partial charge in [-0.05, 0) is 24.1 Å². The minimum absolute atomic E-state index is 0.198. The van der Waals surface area contributed by atoms with Gasteiger partial charge in [-0.3, -0.25) is 4.74 Å². The Kier molecular flexibility index (Phi) is 5.68. The van der Waals surface area contributed by atoms with Gasteiger partial charge in [0.15, 0.2) is 0 Å². The van der Waals surface area contributed by atoms with Crippen LogP contribution in [0.1, 0.15) is 19.4 Å². The van der Waals surface area contributed by atoms with Gasteiger partial charge in [-0.2, -0.15) is 0 Å². The van der Waals surface area contributed by atoms with Crippen molar-refractivity contribution in [2.24, 2.45) is 5.92 Å². The van der Waals surface area contributed by atoms with Gasteiger partial charge in [0.1, 0.15) is 0 Å². The molecule has 1 N–H and O–H groups in total. The maximum absolute atomic E-state index is 11.8. The van der Waals surface area contributed by atoms with Crippen molar-refractivity contribution in [3.05, 3.63) is 24.0 Å². The lowest BCUT2D eigenvalue weighted by molar-refractivity contribution is -0.325. The van der Waals surface area contributed by atoms with Crippen LogP contribution in [0.15, 0.2) is 18.5 Å². The van der Waals surface area contributed by atoms with Crippen molar-refractivity contribution in [1.29, 1.82) is 0 Å². The number of nitrogens with zero attached hydrogens (tertiary/aromatic N) is 1. The second-order valence-corrected chi connectivity index (χ2v) is 4.58. The smallest absolute Gasteiger partial charge is 0.352 e. The molecule has 0 atom stereocenters. The standard InChI is InChI=1S/C12H19F3N2O/c1-10(2)7-16-8-11-3-4-17(9-11)5-6-18-12(13,14)15/h3-4,9-10,16H,5-8H2,1-2H3. The van der Waals surface area contributed by atoms with Crippen LogP contribution in [0.2, 0.25) is 0 Å². The summed E-state index contributed by atoms with van der Waals surface area (Å²) in [6.07, 6.45) is -0.964. The summed E-state index contributed by atoms with van der Waals surface area (Å²) < 4.78 is 40.7. The first-order valence-corrected chi connectivity index (χ1v) is 5.93. The molecule has 0 spiro atoms. The van der Waals surface area contributed by atoms with Gasteiger partial charge in [0.2, 0.25) is 0 Å². The van der Waals surface area contributed by atoms with Gasteiger partial charge >= 0.3 is 6.36 Å². The molecule has 0 radical (unpaired) electrons. The number of halogens is 3. The monoisotopic (exact) mass is 264 g/mol. The second-order valence-electron chi connectivity index (χ2n) is 4.58. The van der Waals surface area contributed by atoms with Gasteiger partial charge in [0.05, 0.1) is 6.61 Å². The number of ether oxygens (including phenoxy) is 1. The van der Waals surface area contributed by atoms with E-state index in [0.29, 0.717) is 5.92 Å². The fraction of sp³-hybridized carbons (Fsp3) is 0.667. The minimum atomic E-state index is -4.55. The molecule has 0 aliphatic rings. The highest BCUT2D eigenvalue weighted by Crippen LogP contribution is 2.15. The summed E-state index contributed by atoms with van der Waals surface area (Å²) in [6, 6.07) is 1.89. The van der Waals surface area contributed by atoms with E-state index >= 15 is 0 Å². The number of alkyl halides is 3. The molecule has 3 nitrogen and oxygen atoms in total. The zero-order valence-corrected chi connectivity index (χ0v) is 10.6. The van der Waals surface area contributed by atoms with E-state index in [4.69, 9.17) is 0 Å². The van der Waals surface area contributed by atoms with E-state index in [1.165, 1.54) is 0 Å². The predicted octanol–water partition coefficient (Wildman–Crippen LogP) is 2.77. The highest BCUT2D eigenvalue weighted by atomic mass is 19.4. The Balaban J connectivity index is 2.26. The fourth-order valence-electron chi connectivity index (χ4n) is 1.51. The highest BCUT2D eigenvalue weighted by molar-refractivity contribution is 5.09. The van der Waals surface area contributed by atoms with Crippen LogP contribution in [0, 0.1) is 5.92 Å². The van der Waals surface area contributed by atoms with Gasteiger partial charge in [-0.15, -0.1) is 13.2 Å². The van der Waals surface area contributed by atoms with Crippen molar-refractivity contribution >= 4 is 0 Å². The molecule has 104 valence electrons. The average Bonchev–Trinajstić information content (AvgIpc) is 2.63. The first-order chi connectivity index (χ1) is 8.37. The summed E-state index contributed by atoms with van der Waals surface area (Å²) in [5, 5.41) is 3.27. The Labute approximate surface area is 105 Å². The predicted molar refractivity (Wildman–Crippen MR) is 63.0 cm³/mol. The van der Waals surface area contributed by atoms with E-state index in [1.54, 1.807) is 10.8 Å². The normalized spacial score (nSPS) is 12.3. The zero-order chi connectivity index (χ0) is 13.6. The maximum Gasteiger partial charge on any atom is 0.522 e. The van der Waals surface area contributed by atoms with Gasteiger partial charge in [-0.25, -0.2) is 0 Å². The Hall–Kier alpha value is -1.01. The second kappa shape index (κ2) is 6.80. The van der Waals surface area contributed by atoms with E-state index in [1.807, 2.05) is 12.3 Å². The highest BCUT2D eigenvalue weighted by Gasteiger charge is 2.28. The van der Waals surface area contributed by atoms with Crippen molar-refractivity contribution in [2.75, 3.05) is 13.2 Å². The fourth-order valence-corrected chi connectivity index (χ4v) is 1.51. The van der Waals surface area contributed by atoms with E-state index in [0.717, 1.165) is 18.7 Å². The van der Waals surface area contributed by atoms with E-state index in [2.05, 4.69) is 23.9 Å². The average molecular weight is 264 g/mol. The molecule has 6 heteroatoms. The molecule has 0 fully saturated rings. The summed E-state index contributed by atoms with van der Waals surface area (Å²) >= 11 is 0. The first-order valence-electron chi connectivity index (χ1n) is 5.93. The molecule has 0 amide bonds. The van der Waals surface area contributed by atoms with Crippen molar-refractivity contribution in [1.82, 2.24) is 9.88 Å². The van der Waals surface area contributed by atoms with Crippen LogP contribution in [0.4, 0.5) is 13.2 Å². The lowest BCUT2D eigenvalue weighted by Crippen LogP contribution is -2.18. The summed E-state index contributed by atoms with van der Waals surface area (Å²) in [6.45, 7) is 5.72. The number of hydrogen-bond donors (Lipinski definition) is 1. The quantitative estimate of drug-likeness (QED) is 0.819. The third-order valence-corrected chi connectivity index (χ3v) is 2.31. The lowest BCUT2D eigenvalue weighted by Gasteiger charge is -2.08. The molecule has 1 aromatic rings. The largest absolute Gasteiger partial charge is 0.522 e. The van der Waals surface area contributed by atoms with E-state index in [9.17, 15) is 13.2 Å². The van der Waals surface area contributed by atoms with Crippen molar-refractivity contribution < 1.29 is 17.9 Å². The Bertz CT molecular complexity index is 347. The topological polar surface area (TPSA) is 26.2 Å². The molecule has 0 saturated carbocycles. The summed E-state index contributed by atoms with van der Waals surface area (Å²) in [5.41, 5.74) is 1.06. The molecule has 0 bridgehead atoms. The van der Waals surface area contributed by atoms with Crippen LogP contribution < -0.4 is 5.32 Å². The molecular weight excluding hydrogens is 245 g/mol. The maximum atomic E-state index is 11.8. The van der Waals surface area contributed by atoms with Crippen molar-refractivity contribution in [3.8, 4) is 0 Å². The third-order valence-electron chi connectivity index (χ3n) is 2.31. The minimum Gasteiger partial charge on any atom is -0.352 e. The first kappa shape index (κ1) is 15.0. The van der Waals surface area contributed by atoms with Gasteiger partial charge < -0.3 is 9.88 Å². The summed E-state index contributed by atoms with van der Waals surface area (Å²) in [4.78, 5) is 0. The summed E-state index contributed by atoms with van der Waals surface area (Å²) in [7, 11) is 0. The Morgan fingerprint density at radius 3 is 2.72 bits per heavy atom. The van der Waals surface area contributed by atoms with Crippen LogP contribution in [0.3, 0.4) is 0 Å². The molecule has 0 saturated heterocycles. The Morgan fingerprint density at radius 2 is 2.11 bits per heavy atom. The molecule has 0 aromatic carbocycles. The van der Waals surface area contributed by atoms with Crippen molar-refractivity contribution in [3.63, 3.8) is 0 Å². The molecule has 0 aliphatic heterocycles. The number of rotatable bonds is 7. The van der Waals surface area contributed by atoms with Gasteiger partial charge in [-0.1, -0.05) is 13.8 Å². The molecule has 1 aromatic heterocycles. The molecule has 0 unspecified atom stereocenters. The van der Waals surface area contributed by atoms with Crippen LogP contribution >= 0.6 is 0 Å². The van der Waals surface area contributed by atoms with Gasteiger partial charge in [0, 0.05) is 25.5 Å².